The molecule has 1 fully saturated rings. The topological polar surface area (TPSA) is 70.9 Å². The molecule has 1 aromatic rings. The van der Waals surface area contributed by atoms with Crippen molar-refractivity contribution in [2.45, 2.75) is 45.1 Å². The van der Waals surface area contributed by atoms with Gasteiger partial charge in [-0.05, 0) is 50.7 Å². The third kappa shape index (κ3) is 2.60. The van der Waals surface area contributed by atoms with Crippen LogP contribution < -0.4 is 5.32 Å². The Hall–Kier alpha value is -2.30. The van der Waals surface area contributed by atoms with Crippen LogP contribution in [0.25, 0.3) is 5.57 Å². The molecular weight excluding hydrogens is 292 g/mol. The van der Waals surface area contributed by atoms with Crippen molar-refractivity contribution in [2.75, 3.05) is 7.11 Å². The Morgan fingerprint density at radius 3 is 2.61 bits per heavy atom. The van der Waals surface area contributed by atoms with Crippen molar-refractivity contribution >= 4 is 17.2 Å². The van der Waals surface area contributed by atoms with Crippen LogP contribution in [-0.4, -0.2) is 29.4 Å². The first-order valence-corrected chi connectivity index (χ1v) is 7.89. The number of aryl methyl sites for hydroxylation is 2. The van der Waals surface area contributed by atoms with E-state index < -0.39 is 5.54 Å². The number of nitrogens with one attached hydrogen (secondary N) is 1. The van der Waals surface area contributed by atoms with E-state index in [0.717, 1.165) is 22.4 Å². The van der Waals surface area contributed by atoms with Gasteiger partial charge in [-0.25, -0.2) is 0 Å². The van der Waals surface area contributed by atoms with Crippen molar-refractivity contribution in [1.29, 1.82) is 0 Å². The summed E-state index contributed by atoms with van der Waals surface area (Å²) in [7, 11) is 1.53. The zero-order valence-electron chi connectivity index (χ0n) is 13.8. The minimum Gasteiger partial charge on any atom is -0.509 e. The van der Waals surface area contributed by atoms with Crippen LogP contribution in [0.2, 0.25) is 0 Å². The lowest BCUT2D eigenvalue weighted by atomic mass is 9.79. The molecule has 2 aliphatic rings. The zero-order chi connectivity index (χ0) is 16.6. The van der Waals surface area contributed by atoms with Crippen molar-refractivity contribution in [3.63, 3.8) is 0 Å². The quantitative estimate of drug-likeness (QED) is 0.824. The van der Waals surface area contributed by atoms with Gasteiger partial charge >= 0.3 is 0 Å². The Morgan fingerprint density at radius 1 is 1.26 bits per heavy atom. The van der Waals surface area contributed by atoms with Crippen LogP contribution in [0.3, 0.4) is 0 Å². The van der Waals surface area contributed by atoms with E-state index in [1.165, 1.54) is 7.11 Å². The van der Waals surface area contributed by atoms with Gasteiger partial charge in [-0.15, -0.1) is 0 Å². The van der Waals surface area contributed by atoms with Gasteiger partial charge in [-0.2, -0.15) is 0 Å². The van der Waals surface area contributed by atoms with E-state index in [1.807, 2.05) is 32.0 Å². The van der Waals surface area contributed by atoms with E-state index in [2.05, 4.69) is 10.5 Å². The van der Waals surface area contributed by atoms with E-state index >= 15 is 0 Å². The maximum Gasteiger partial charge on any atom is 0.256 e. The van der Waals surface area contributed by atoms with Crippen molar-refractivity contribution < 1.29 is 14.7 Å². The summed E-state index contributed by atoms with van der Waals surface area (Å²) in [6, 6.07) is 5.95. The van der Waals surface area contributed by atoms with Gasteiger partial charge in [0.25, 0.3) is 5.91 Å². The Kier molecular flexibility index (Phi) is 3.88. The maximum absolute atomic E-state index is 12.5. The summed E-state index contributed by atoms with van der Waals surface area (Å²) in [5.74, 6) is -0.0176. The molecule has 1 aliphatic carbocycles. The number of aliphatic hydroxyl groups is 1. The first-order valence-electron chi connectivity index (χ1n) is 7.89. The highest BCUT2D eigenvalue weighted by atomic mass is 16.6. The molecule has 1 aliphatic heterocycles. The maximum atomic E-state index is 12.5. The van der Waals surface area contributed by atoms with Crippen LogP contribution in [-0.2, 0) is 9.63 Å². The normalized spacial score (nSPS) is 24.1. The fourth-order valence-corrected chi connectivity index (χ4v) is 3.49. The van der Waals surface area contributed by atoms with Crippen LogP contribution in [0.1, 0.15) is 42.4 Å². The smallest absolute Gasteiger partial charge is 0.256 e. The highest BCUT2D eigenvalue weighted by Gasteiger charge is 2.47. The Morgan fingerprint density at radius 2 is 1.96 bits per heavy atom. The van der Waals surface area contributed by atoms with E-state index in [-0.39, 0.29) is 11.7 Å². The van der Waals surface area contributed by atoms with Gasteiger partial charge in [0.05, 0.1) is 16.8 Å². The number of hydrogen-bond acceptors (Lipinski definition) is 4. The van der Waals surface area contributed by atoms with E-state index in [1.54, 1.807) is 0 Å². The number of carbonyl (C=O) groups is 1. The first-order chi connectivity index (χ1) is 11.0. The second kappa shape index (κ2) is 5.72. The molecule has 1 spiro atoms. The van der Waals surface area contributed by atoms with Crippen LogP contribution in [0, 0.1) is 13.8 Å². The van der Waals surface area contributed by atoms with Crippen LogP contribution in [0.5, 0.6) is 0 Å². The molecule has 1 amide bonds. The summed E-state index contributed by atoms with van der Waals surface area (Å²) < 4.78 is 0. The molecule has 1 aromatic carbocycles. The van der Waals surface area contributed by atoms with Crippen LogP contribution in [0.4, 0.5) is 0 Å². The molecule has 3 rings (SSSR count). The van der Waals surface area contributed by atoms with Gasteiger partial charge in [0, 0.05) is 0 Å². The lowest BCUT2D eigenvalue weighted by molar-refractivity contribution is -0.116. The van der Waals surface area contributed by atoms with E-state index in [9.17, 15) is 9.90 Å². The Balaban J connectivity index is 1.98. The fourth-order valence-electron chi connectivity index (χ4n) is 3.49. The third-order valence-electron chi connectivity index (χ3n) is 4.83. The molecule has 0 unspecified atom stereocenters. The first kappa shape index (κ1) is 15.6. The molecule has 1 heterocycles. The molecule has 0 bridgehead atoms. The number of oxime groups is 1. The van der Waals surface area contributed by atoms with Gasteiger partial charge in [0.1, 0.15) is 12.9 Å². The molecule has 5 heteroatoms. The zero-order valence-corrected chi connectivity index (χ0v) is 13.8. The molecule has 23 heavy (non-hydrogen) atoms. The molecule has 0 radical (unpaired) electrons. The molecule has 5 nitrogen and oxygen atoms in total. The number of benzene rings is 1. The molecule has 122 valence electrons. The Labute approximate surface area is 136 Å². The van der Waals surface area contributed by atoms with E-state index in [0.29, 0.717) is 31.3 Å². The van der Waals surface area contributed by atoms with Gasteiger partial charge in [-0.1, -0.05) is 28.9 Å². The summed E-state index contributed by atoms with van der Waals surface area (Å²) in [6.07, 6.45) is 2.69. The minimum atomic E-state index is -0.657. The standard InChI is InChI=1S/C18H22N2O3/c1-11-4-5-12(2)14(10-11)15-16(21)18(19-17(15)22)8-6-13(7-9-18)20-23-3/h4-5,10,21H,6-9H2,1-3H3,(H,19,22). The third-order valence-corrected chi connectivity index (χ3v) is 4.83. The molecular formula is C18H22N2O3. The van der Waals surface area contributed by atoms with Gasteiger partial charge in [-0.3, -0.25) is 4.79 Å². The second-order valence-electron chi connectivity index (χ2n) is 6.42. The van der Waals surface area contributed by atoms with Crippen LogP contribution >= 0.6 is 0 Å². The highest BCUT2D eigenvalue weighted by Crippen LogP contribution is 2.41. The predicted octanol–water partition coefficient (Wildman–Crippen LogP) is 3.02. The number of nitrogens with zero attached hydrogens (tertiary/aromatic N) is 1. The molecule has 0 atom stereocenters. The monoisotopic (exact) mass is 314 g/mol. The number of rotatable bonds is 2. The predicted molar refractivity (Wildman–Crippen MR) is 89.3 cm³/mol. The summed E-state index contributed by atoms with van der Waals surface area (Å²) in [5.41, 5.74) is 3.60. The molecule has 0 saturated heterocycles. The number of amides is 1. The SMILES string of the molecule is CON=C1CCC2(CC1)NC(=O)C(c1cc(C)ccc1C)=C2O. The van der Waals surface area contributed by atoms with Gasteiger partial charge in [0.15, 0.2) is 0 Å². The van der Waals surface area contributed by atoms with Crippen LogP contribution in [0.15, 0.2) is 29.1 Å². The fraction of sp³-hybridized carbons (Fsp3) is 0.444. The molecule has 0 aromatic heterocycles. The number of hydrogen-bond donors (Lipinski definition) is 2. The van der Waals surface area contributed by atoms with Gasteiger partial charge in [0.2, 0.25) is 0 Å². The lowest BCUT2D eigenvalue weighted by Gasteiger charge is -2.33. The van der Waals surface area contributed by atoms with Gasteiger partial charge < -0.3 is 15.3 Å². The van der Waals surface area contributed by atoms with Crippen molar-refractivity contribution in [1.82, 2.24) is 5.32 Å². The summed E-state index contributed by atoms with van der Waals surface area (Å²) in [5, 5.41) is 17.9. The second-order valence-corrected chi connectivity index (χ2v) is 6.42. The van der Waals surface area contributed by atoms with E-state index in [4.69, 9.17) is 4.84 Å². The number of carbonyl (C=O) groups excluding carboxylic acids is 1. The minimum absolute atomic E-state index is 0.174. The summed E-state index contributed by atoms with van der Waals surface area (Å²) in [4.78, 5) is 17.4. The average Bonchev–Trinajstić information content (AvgIpc) is 2.76. The van der Waals surface area contributed by atoms with Crippen molar-refractivity contribution in [3.8, 4) is 0 Å². The lowest BCUT2D eigenvalue weighted by Crippen LogP contribution is -2.47. The average molecular weight is 314 g/mol. The highest BCUT2D eigenvalue weighted by molar-refractivity contribution is 6.23. The van der Waals surface area contributed by atoms with Crippen molar-refractivity contribution in [3.05, 3.63) is 40.6 Å². The summed E-state index contributed by atoms with van der Waals surface area (Å²) in [6.45, 7) is 3.94. The largest absolute Gasteiger partial charge is 0.509 e. The Bertz CT molecular complexity index is 709. The van der Waals surface area contributed by atoms with Crippen molar-refractivity contribution in [2.24, 2.45) is 5.16 Å². The molecule has 2 N–H and O–H groups in total. The molecule has 1 saturated carbocycles. The summed E-state index contributed by atoms with van der Waals surface area (Å²) >= 11 is 0. The number of aliphatic hydroxyl groups excluding tert-OH is 1.